The molecular formula is C12H12BrNO2. The van der Waals surface area contributed by atoms with Crippen molar-refractivity contribution in [2.75, 3.05) is 14.1 Å². The number of benzene rings is 1. The highest BCUT2D eigenvalue weighted by atomic mass is 79.9. The van der Waals surface area contributed by atoms with Crippen molar-refractivity contribution in [1.29, 1.82) is 0 Å². The van der Waals surface area contributed by atoms with Gasteiger partial charge in [0, 0.05) is 29.5 Å². The van der Waals surface area contributed by atoms with E-state index in [2.05, 4.69) is 15.9 Å². The quantitative estimate of drug-likeness (QED) is 0.848. The molecule has 0 saturated heterocycles. The zero-order valence-corrected chi connectivity index (χ0v) is 10.7. The Morgan fingerprint density at radius 3 is 2.88 bits per heavy atom. The lowest BCUT2D eigenvalue weighted by Crippen LogP contribution is -2.23. The number of amides is 1. The Balaban J connectivity index is 2.38. The van der Waals surface area contributed by atoms with Gasteiger partial charge in [0.1, 0.15) is 5.58 Å². The van der Waals surface area contributed by atoms with E-state index in [0.717, 1.165) is 21.0 Å². The zero-order valence-electron chi connectivity index (χ0n) is 9.16. The molecule has 3 nitrogen and oxygen atoms in total. The molecule has 0 N–H and O–H groups in total. The number of hydrogen-bond acceptors (Lipinski definition) is 2. The molecule has 16 heavy (non-hydrogen) atoms. The van der Waals surface area contributed by atoms with Crippen LogP contribution in [0.25, 0.3) is 11.0 Å². The van der Waals surface area contributed by atoms with Crippen LogP contribution >= 0.6 is 15.9 Å². The fourth-order valence-corrected chi connectivity index (χ4v) is 1.87. The molecular weight excluding hydrogens is 270 g/mol. The summed E-state index contributed by atoms with van der Waals surface area (Å²) in [6.45, 7) is 0. The van der Waals surface area contributed by atoms with E-state index in [0.29, 0.717) is 6.42 Å². The molecule has 0 aliphatic rings. The van der Waals surface area contributed by atoms with Crippen LogP contribution in [0.3, 0.4) is 0 Å². The molecule has 0 radical (unpaired) electrons. The van der Waals surface area contributed by atoms with Gasteiger partial charge in [-0.25, -0.2) is 0 Å². The summed E-state index contributed by atoms with van der Waals surface area (Å²) in [7, 11) is 3.50. The highest BCUT2D eigenvalue weighted by Gasteiger charge is 2.11. The predicted molar refractivity (Wildman–Crippen MR) is 66.3 cm³/mol. The van der Waals surface area contributed by atoms with E-state index in [1.807, 2.05) is 18.2 Å². The fraction of sp³-hybridized carbons (Fsp3) is 0.250. The Labute approximate surface area is 102 Å². The molecule has 0 saturated carbocycles. The number of furan rings is 1. The molecule has 2 rings (SSSR count). The first kappa shape index (κ1) is 11.2. The van der Waals surface area contributed by atoms with Gasteiger partial charge in [0.25, 0.3) is 0 Å². The molecule has 0 spiro atoms. The third-order valence-corrected chi connectivity index (χ3v) is 2.95. The first-order valence-corrected chi connectivity index (χ1v) is 5.73. The first-order valence-electron chi connectivity index (χ1n) is 4.93. The predicted octanol–water partition coefficient (Wildman–Crippen LogP) is 2.83. The summed E-state index contributed by atoms with van der Waals surface area (Å²) in [5, 5.41) is 0.990. The molecule has 2 aromatic rings. The van der Waals surface area contributed by atoms with Gasteiger partial charge in [0.2, 0.25) is 5.91 Å². The van der Waals surface area contributed by atoms with Crippen LogP contribution in [-0.4, -0.2) is 24.9 Å². The van der Waals surface area contributed by atoms with Gasteiger partial charge in [0.15, 0.2) is 0 Å². The number of carbonyl (C=O) groups excluding carboxylic acids is 1. The summed E-state index contributed by atoms with van der Waals surface area (Å²) in [4.78, 5) is 13.2. The summed E-state index contributed by atoms with van der Waals surface area (Å²) in [6.07, 6.45) is 2.02. The Morgan fingerprint density at radius 2 is 2.19 bits per heavy atom. The lowest BCUT2D eigenvalue weighted by atomic mass is 10.1. The van der Waals surface area contributed by atoms with Gasteiger partial charge in [-0.2, -0.15) is 0 Å². The number of hydrogen-bond donors (Lipinski definition) is 0. The average molecular weight is 282 g/mol. The van der Waals surface area contributed by atoms with Crippen LogP contribution in [0.4, 0.5) is 0 Å². The average Bonchev–Trinajstić information content (AvgIpc) is 2.61. The van der Waals surface area contributed by atoms with Gasteiger partial charge < -0.3 is 9.32 Å². The summed E-state index contributed by atoms with van der Waals surface area (Å²) in [6, 6.07) is 5.78. The Bertz CT molecular complexity index is 531. The number of fused-ring (bicyclic) bond motifs is 1. The van der Waals surface area contributed by atoms with Gasteiger partial charge in [-0.15, -0.1) is 0 Å². The molecule has 0 bridgehead atoms. The molecule has 1 amide bonds. The molecule has 0 aliphatic carbocycles. The van der Waals surface area contributed by atoms with E-state index in [1.165, 1.54) is 0 Å². The van der Waals surface area contributed by atoms with Crippen molar-refractivity contribution in [3.8, 4) is 0 Å². The van der Waals surface area contributed by atoms with Crippen LogP contribution in [0.15, 0.2) is 33.4 Å². The standard InChI is InChI=1S/C12H12BrNO2/c1-14(2)12(15)5-8-7-16-11-4-3-9(13)6-10(8)11/h3-4,6-7H,5H2,1-2H3. The summed E-state index contributed by atoms with van der Waals surface area (Å²) < 4.78 is 6.38. The Morgan fingerprint density at radius 1 is 1.44 bits per heavy atom. The van der Waals surface area contributed by atoms with E-state index in [-0.39, 0.29) is 5.91 Å². The van der Waals surface area contributed by atoms with Crippen molar-refractivity contribution in [1.82, 2.24) is 4.90 Å². The minimum atomic E-state index is 0.0719. The number of rotatable bonds is 2. The third-order valence-electron chi connectivity index (χ3n) is 2.46. The summed E-state index contributed by atoms with van der Waals surface area (Å²) in [5.74, 6) is 0.0719. The van der Waals surface area contributed by atoms with Crippen molar-refractivity contribution in [3.05, 3.63) is 34.5 Å². The Kier molecular flexibility index (Phi) is 3.01. The van der Waals surface area contributed by atoms with E-state index in [9.17, 15) is 4.79 Å². The van der Waals surface area contributed by atoms with Gasteiger partial charge >= 0.3 is 0 Å². The number of carbonyl (C=O) groups is 1. The van der Waals surface area contributed by atoms with Gasteiger partial charge in [-0.1, -0.05) is 15.9 Å². The SMILES string of the molecule is CN(C)C(=O)Cc1coc2ccc(Br)cc12. The zero-order chi connectivity index (χ0) is 11.7. The van der Waals surface area contributed by atoms with Gasteiger partial charge in [0.05, 0.1) is 12.7 Å². The fourth-order valence-electron chi connectivity index (χ4n) is 1.51. The monoisotopic (exact) mass is 281 g/mol. The second-order valence-corrected chi connectivity index (χ2v) is 4.78. The van der Waals surface area contributed by atoms with E-state index in [4.69, 9.17) is 4.42 Å². The Hall–Kier alpha value is -1.29. The van der Waals surface area contributed by atoms with Crippen molar-refractivity contribution >= 4 is 32.8 Å². The maximum atomic E-state index is 11.6. The van der Waals surface area contributed by atoms with Crippen molar-refractivity contribution in [2.24, 2.45) is 0 Å². The molecule has 0 fully saturated rings. The van der Waals surface area contributed by atoms with E-state index >= 15 is 0 Å². The molecule has 1 aromatic carbocycles. The summed E-state index contributed by atoms with van der Waals surface area (Å²) in [5.41, 5.74) is 1.74. The van der Waals surface area contributed by atoms with Crippen molar-refractivity contribution in [3.63, 3.8) is 0 Å². The lowest BCUT2D eigenvalue weighted by molar-refractivity contribution is -0.127. The van der Waals surface area contributed by atoms with Crippen LogP contribution in [0.2, 0.25) is 0 Å². The van der Waals surface area contributed by atoms with Crippen LogP contribution < -0.4 is 0 Å². The highest BCUT2D eigenvalue weighted by molar-refractivity contribution is 9.10. The third kappa shape index (κ3) is 2.11. The van der Waals surface area contributed by atoms with Crippen molar-refractivity contribution < 1.29 is 9.21 Å². The molecule has 4 heteroatoms. The molecule has 0 unspecified atom stereocenters. The molecule has 84 valence electrons. The highest BCUT2D eigenvalue weighted by Crippen LogP contribution is 2.25. The number of likely N-dealkylation sites (N-methyl/N-ethyl adjacent to an activating group) is 1. The van der Waals surface area contributed by atoms with Gasteiger partial charge in [-0.05, 0) is 18.2 Å². The van der Waals surface area contributed by atoms with Crippen LogP contribution in [0.5, 0.6) is 0 Å². The minimum Gasteiger partial charge on any atom is -0.464 e. The smallest absolute Gasteiger partial charge is 0.226 e. The normalized spacial score (nSPS) is 10.7. The lowest BCUT2D eigenvalue weighted by Gasteiger charge is -2.08. The largest absolute Gasteiger partial charge is 0.464 e. The van der Waals surface area contributed by atoms with Crippen LogP contribution in [0, 0.1) is 0 Å². The van der Waals surface area contributed by atoms with E-state index < -0.39 is 0 Å². The topological polar surface area (TPSA) is 33.5 Å². The number of nitrogens with zero attached hydrogens (tertiary/aromatic N) is 1. The maximum absolute atomic E-state index is 11.6. The molecule has 0 aliphatic heterocycles. The molecule has 0 atom stereocenters. The second-order valence-electron chi connectivity index (χ2n) is 3.87. The van der Waals surface area contributed by atoms with Crippen LogP contribution in [0.1, 0.15) is 5.56 Å². The minimum absolute atomic E-state index is 0.0719. The second kappa shape index (κ2) is 4.29. The van der Waals surface area contributed by atoms with Crippen LogP contribution in [-0.2, 0) is 11.2 Å². The number of halogens is 1. The maximum Gasteiger partial charge on any atom is 0.226 e. The van der Waals surface area contributed by atoms with Gasteiger partial charge in [-0.3, -0.25) is 4.79 Å². The molecule has 1 heterocycles. The van der Waals surface area contributed by atoms with Crippen molar-refractivity contribution in [2.45, 2.75) is 6.42 Å². The first-order chi connectivity index (χ1) is 7.58. The van der Waals surface area contributed by atoms with E-state index in [1.54, 1.807) is 25.3 Å². The summed E-state index contributed by atoms with van der Waals surface area (Å²) >= 11 is 3.41. The molecule has 1 aromatic heterocycles.